The van der Waals surface area contributed by atoms with E-state index in [1.165, 1.54) is 6.92 Å². The van der Waals surface area contributed by atoms with Gasteiger partial charge in [-0.3, -0.25) is 19.4 Å². The van der Waals surface area contributed by atoms with Crippen molar-refractivity contribution < 1.29 is 9.59 Å². The lowest BCUT2D eigenvalue weighted by Gasteiger charge is -2.12. The predicted octanol–water partition coefficient (Wildman–Crippen LogP) is 3.45. The predicted molar refractivity (Wildman–Crippen MR) is 122 cm³/mol. The molecule has 2 aromatic carbocycles. The van der Waals surface area contributed by atoms with Crippen molar-refractivity contribution in [2.75, 3.05) is 16.4 Å². The smallest absolute Gasteiger partial charge is 0.278 e. The molecule has 3 N–H and O–H groups in total. The van der Waals surface area contributed by atoms with Gasteiger partial charge in [-0.1, -0.05) is 36.0 Å². The molecule has 160 valence electrons. The van der Waals surface area contributed by atoms with Crippen LogP contribution >= 0.6 is 11.8 Å². The molecule has 0 spiro atoms. The number of hydrogen-bond donors (Lipinski definition) is 3. The van der Waals surface area contributed by atoms with Crippen LogP contribution in [-0.2, 0) is 9.59 Å². The second kappa shape index (κ2) is 9.57. The van der Waals surface area contributed by atoms with Crippen molar-refractivity contribution in [2.24, 2.45) is 0 Å². The summed E-state index contributed by atoms with van der Waals surface area (Å²) in [6.45, 7) is 7.15. The van der Waals surface area contributed by atoms with E-state index in [4.69, 9.17) is 0 Å². The average Bonchev–Trinajstić information content (AvgIpc) is 2.67. The number of anilines is 2. The molecular formula is C22H23N5O3S. The number of benzene rings is 2. The monoisotopic (exact) mass is 437 g/mol. The molecule has 31 heavy (non-hydrogen) atoms. The lowest BCUT2D eigenvalue weighted by Crippen LogP contribution is -2.18. The Labute approximate surface area is 183 Å². The third-order valence-corrected chi connectivity index (χ3v) is 5.21. The van der Waals surface area contributed by atoms with Gasteiger partial charge in [0.25, 0.3) is 5.56 Å². The number of amides is 2. The molecule has 0 aliphatic carbocycles. The van der Waals surface area contributed by atoms with E-state index in [1.807, 2.05) is 45.0 Å². The van der Waals surface area contributed by atoms with Crippen molar-refractivity contribution in [3.8, 4) is 11.3 Å². The Morgan fingerprint density at radius 3 is 2.39 bits per heavy atom. The van der Waals surface area contributed by atoms with Gasteiger partial charge >= 0.3 is 0 Å². The van der Waals surface area contributed by atoms with E-state index < -0.39 is 5.56 Å². The highest BCUT2D eigenvalue weighted by molar-refractivity contribution is 7.99. The first-order chi connectivity index (χ1) is 14.7. The Bertz CT molecular complexity index is 1190. The molecule has 3 rings (SSSR count). The summed E-state index contributed by atoms with van der Waals surface area (Å²) < 4.78 is 0. The molecule has 3 aromatic rings. The maximum absolute atomic E-state index is 12.6. The van der Waals surface area contributed by atoms with E-state index in [0.29, 0.717) is 11.3 Å². The fourth-order valence-corrected chi connectivity index (χ4v) is 3.75. The lowest BCUT2D eigenvalue weighted by atomic mass is 10.1. The summed E-state index contributed by atoms with van der Waals surface area (Å²) in [5.41, 5.74) is 4.28. The van der Waals surface area contributed by atoms with Gasteiger partial charge < -0.3 is 10.6 Å². The quantitative estimate of drug-likeness (QED) is 0.509. The van der Waals surface area contributed by atoms with Gasteiger partial charge in [0.1, 0.15) is 0 Å². The molecule has 0 radical (unpaired) electrons. The van der Waals surface area contributed by atoms with E-state index in [1.54, 1.807) is 12.1 Å². The van der Waals surface area contributed by atoms with Gasteiger partial charge in [0.2, 0.25) is 11.8 Å². The van der Waals surface area contributed by atoms with Crippen LogP contribution in [0, 0.1) is 20.8 Å². The molecule has 9 heteroatoms. The molecular weight excluding hydrogens is 414 g/mol. The van der Waals surface area contributed by atoms with E-state index in [2.05, 4.69) is 25.8 Å². The summed E-state index contributed by atoms with van der Waals surface area (Å²) in [5, 5.41) is 13.9. The van der Waals surface area contributed by atoms with Crippen LogP contribution in [0.1, 0.15) is 23.6 Å². The first-order valence-corrected chi connectivity index (χ1v) is 10.6. The number of carbonyl (C=O) groups is 2. The second-order valence-electron chi connectivity index (χ2n) is 7.20. The number of carbonyl (C=O) groups excluding carboxylic acids is 2. The zero-order chi connectivity index (χ0) is 22.5. The summed E-state index contributed by atoms with van der Waals surface area (Å²) in [6.07, 6.45) is 0. The highest BCUT2D eigenvalue weighted by atomic mass is 32.2. The van der Waals surface area contributed by atoms with E-state index >= 15 is 0 Å². The number of para-hydroxylation sites is 1. The van der Waals surface area contributed by atoms with Crippen molar-refractivity contribution in [1.82, 2.24) is 15.2 Å². The molecule has 1 aromatic heterocycles. The van der Waals surface area contributed by atoms with Gasteiger partial charge in [-0.05, 0) is 49.6 Å². The minimum absolute atomic E-state index is 0.0680. The Kier molecular flexibility index (Phi) is 6.86. The highest BCUT2D eigenvalue weighted by Gasteiger charge is 2.15. The number of aromatic amines is 1. The van der Waals surface area contributed by atoms with Crippen molar-refractivity contribution in [3.63, 3.8) is 0 Å². The lowest BCUT2D eigenvalue weighted by molar-refractivity contribution is -0.114. The fraction of sp³-hybridized carbons (Fsp3) is 0.227. The number of aromatic nitrogens is 3. The third-order valence-electron chi connectivity index (χ3n) is 4.35. The fourth-order valence-electron chi connectivity index (χ4n) is 3.15. The summed E-state index contributed by atoms with van der Waals surface area (Å²) in [6, 6.07) is 11.1. The first-order valence-electron chi connectivity index (χ1n) is 9.58. The van der Waals surface area contributed by atoms with Crippen molar-refractivity contribution in [3.05, 3.63) is 63.4 Å². The maximum Gasteiger partial charge on any atom is 0.278 e. The van der Waals surface area contributed by atoms with Gasteiger partial charge in [0.15, 0.2) is 10.9 Å². The standard InChI is InChI=1S/C22H23N5O3S/c1-12-8-13(2)10-16(9-12)24-18(29)11-31-22-25-21(30)20(26-27-22)17-7-5-6-14(3)19(17)23-15(4)28/h5-10H,11H2,1-4H3,(H,23,28)(H,24,29)(H,25,27,30). The Morgan fingerprint density at radius 2 is 1.74 bits per heavy atom. The molecule has 0 fully saturated rings. The average molecular weight is 438 g/mol. The van der Waals surface area contributed by atoms with Gasteiger partial charge in [-0.2, -0.15) is 0 Å². The van der Waals surface area contributed by atoms with Crippen LogP contribution in [-0.4, -0.2) is 32.7 Å². The summed E-state index contributed by atoms with van der Waals surface area (Å²) in [7, 11) is 0. The molecule has 0 unspecified atom stereocenters. The van der Waals surface area contributed by atoms with E-state index in [-0.39, 0.29) is 28.4 Å². The van der Waals surface area contributed by atoms with E-state index in [0.717, 1.165) is 34.1 Å². The first kappa shape index (κ1) is 22.2. The van der Waals surface area contributed by atoms with Crippen molar-refractivity contribution >= 4 is 35.0 Å². The largest absolute Gasteiger partial charge is 0.325 e. The Hall–Kier alpha value is -3.46. The molecule has 0 atom stereocenters. The highest BCUT2D eigenvalue weighted by Crippen LogP contribution is 2.27. The van der Waals surface area contributed by atoms with Crippen LogP contribution in [0.3, 0.4) is 0 Å². The summed E-state index contributed by atoms with van der Waals surface area (Å²) in [4.78, 5) is 39.1. The zero-order valence-electron chi connectivity index (χ0n) is 17.7. The number of nitrogens with zero attached hydrogens (tertiary/aromatic N) is 2. The number of thioether (sulfide) groups is 1. The summed E-state index contributed by atoms with van der Waals surface area (Å²) >= 11 is 1.08. The third kappa shape index (κ3) is 5.79. The maximum atomic E-state index is 12.6. The van der Waals surface area contributed by atoms with Crippen LogP contribution in [0.4, 0.5) is 11.4 Å². The zero-order valence-corrected chi connectivity index (χ0v) is 18.5. The molecule has 1 heterocycles. The van der Waals surface area contributed by atoms with Gasteiger partial charge in [-0.25, -0.2) is 0 Å². The normalized spacial score (nSPS) is 10.6. The molecule has 2 amide bonds. The number of aryl methyl sites for hydroxylation is 3. The number of nitrogens with one attached hydrogen (secondary N) is 3. The topological polar surface area (TPSA) is 117 Å². The van der Waals surface area contributed by atoms with Crippen LogP contribution in [0.25, 0.3) is 11.3 Å². The molecule has 0 saturated carbocycles. The van der Waals surface area contributed by atoms with Crippen LogP contribution in [0.15, 0.2) is 46.3 Å². The molecule has 8 nitrogen and oxygen atoms in total. The van der Waals surface area contributed by atoms with Gasteiger partial charge in [0, 0.05) is 18.2 Å². The van der Waals surface area contributed by atoms with Crippen LogP contribution in [0.5, 0.6) is 0 Å². The van der Waals surface area contributed by atoms with Crippen molar-refractivity contribution in [1.29, 1.82) is 0 Å². The molecule has 0 bridgehead atoms. The number of rotatable bonds is 6. The Balaban J connectivity index is 1.73. The second-order valence-corrected chi connectivity index (χ2v) is 8.16. The number of H-pyrrole nitrogens is 1. The van der Waals surface area contributed by atoms with Crippen LogP contribution in [0.2, 0.25) is 0 Å². The van der Waals surface area contributed by atoms with Crippen molar-refractivity contribution in [2.45, 2.75) is 32.9 Å². The van der Waals surface area contributed by atoms with Crippen LogP contribution < -0.4 is 16.2 Å². The minimum Gasteiger partial charge on any atom is -0.325 e. The SMILES string of the molecule is CC(=O)Nc1c(C)cccc1-c1nnc(SCC(=O)Nc2cc(C)cc(C)c2)[nH]c1=O. The Morgan fingerprint density at radius 1 is 1.03 bits per heavy atom. The van der Waals surface area contributed by atoms with Gasteiger partial charge in [-0.15, -0.1) is 10.2 Å². The minimum atomic E-state index is -0.454. The molecule has 0 aliphatic rings. The summed E-state index contributed by atoms with van der Waals surface area (Å²) in [5.74, 6) is -0.395. The van der Waals surface area contributed by atoms with E-state index in [9.17, 15) is 14.4 Å². The molecule has 0 aliphatic heterocycles. The molecule has 0 saturated heterocycles. The van der Waals surface area contributed by atoms with Gasteiger partial charge in [0.05, 0.1) is 11.4 Å². The number of hydrogen-bond acceptors (Lipinski definition) is 6.